The predicted molar refractivity (Wildman–Crippen MR) is 138 cm³/mol. The van der Waals surface area contributed by atoms with E-state index in [0.29, 0.717) is 36.8 Å². The topological polar surface area (TPSA) is 111 Å². The van der Waals surface area contributed by atoms with Crippen molar-refractivity contribution in [1.82, 2.24) is 19.5 Å². The molecule has 0 unspecified atom stereocenters. The summed E-state index contributed by atoms with van der Waals surface area (Å²) in [5.74, 6) is -3.23. The van der Waals surface area contributed by atoms with Gasteiger partial charge in [-0.05, 0) is 37.8 Å². The normalized spacial score (nSPS) is 16.6. The molecule has 0 aliphatic heterocycles. The lowest BCUT2D eigenvalue weighted by atomic mass is 9.92. The lowest BCUT2D eigenvalue weighted by molar-refractivity contribution is -0.118. The molecule has 1 aliphatic carbocycles. The molecular weight excluding hydrogens is 530 g/mol. The summed E-state index contributed by atoms with van der Waals surface area (Å²) in [6, 6.07) is 2.10. The van der Waals surface area contributed by atoms with E-state index >= 15 is 0 Å². The first-order chi connectivity index (χ1) is 17.6. The smallest absolute Gasteiger partial charge is 0.248 e. The Labute approximate surface area is 222 Å². The Bertz CT molecular complexity index is 1250. The number of nitrogens with one attached hydrogen (secondary N) is 2. The average Bonchev–Trinajstić information content (AvgIpc) is 3.17. The van der Waals surface area contributed by atoms with Crippen LogP contribution in [-0.2, 0) is 4.79 Å². The number of benzene rings is 1. The summed E-state index contributed by atoms with van der Waals surface area (Å²) in [6.07, 6.45) is 3.70. The van der Waals surface area contributed by atoms with E-state index < -0.39 is 17.6 Å². The third kappa shape index (κ3) is 6.56. The van der Waals surface area contributed by atoms with Crippen LogP contribution in [0.5, 0.6) is 0 Å². The van der Waals surface area contributed by atoms with E-state index in [4.69, 9.17) is 28.9 Å². The largest absolute Gasteiger partial charge is 0.370 e. The third-order valence-corrected chi connectivity index (χ3v) is 6.95. The Hall–Kier alpha value is -2.79. The number of carbonyl (C=O) groups excluding carboxylic acids is 1. The van der Waals surface area contributed by atoms with E-state index in [2.05, 4.69) is 25.6 Å². The summed E-state index contributed by atoms with van der Waals surface area (Å²) in [4.78, 5) is 25.1. The molecule has 1 aromatic carbocycles. The van der Waals surface area contributed by atoms with Gasteiger partial charge in [-0.3, -0.25) is 9.36 Å². The van der Waals surface area contributed by atoms with Crippen LogP contribution in [0.2, 0.25) is 10.0 Å². The highest BCUT2D eigenvalue weighted by atomic mass is 35.5. The van der Waals surface area contributed by atoms with Crippen LogP contribution in [0.1, 0.15) is 64.3 Å². The minimum Gasteiger partial charge on any atom is -0.370 e. The molecule has 13 heteroatoms. The van der Waals surface area contributed by atoms with Gasteiger partial charge in [0.15, 0.2) is 5.65 Å². The molecule has 1 amide bonds. The molecule has 3 aromatic rings. The van der Waals surface area contributed by atoms with Gasteiger partial charge < -0.3 is 16.4 Å². The number of halogens is 5. The number of nitrogens with zero attached hydrogens (tertiary/aromatic N) is 4. The monoisotopic (exact) mass is 557 g/mol. The lowest BCUT2D eigenvalue weighted by Gasteiger charge is -2.28. The van der Waals surface area contributed by atoms with Gasteiger partial charge in [0.05, 0.1) is 16.9 Å². The predicted octanol–water partition coefficient (Wildman–Crippen LogP) is 6.61. The number of anilines is 3. The lowest BCUT2D eigenvalue weighted by Crippen LogP contribution is -2.32. The summed E-state index contributed by atoms with van der Waals surface area (Å²) in [5.41, 5.74) is 6.27. The van der Waals surface area contributed by atoms with Gasteiger partial charge in [-0.15, -0.1) is 0 Å². The quantitative estimate of drug-likeness (QED) is 0.258. The molecule has 1 fully saturated rings. The van der Waals surface area contributed by atoms with Crippen molar-refractivity contribution in [3.63, 3.8) is 0 Å². The molecule has 1 saturated carbocycles. The molecule has 0 bridgehead atoms. The summed E-state index contributed by atoms with van der Waals surface area (Å²) >= 11 is 12.2. The number of imidazole rings is 1. The van der Waals surface area contributed by atoms with Crippen molar-refractivity contribution in [3.05, 3.63) is 34.2 Å². The molecule has 8 nitrogen and oxygen atoms in total. The Morgan fingerprint density at radius 2 is 1.97 bits per heavy atom. The molecule has 1 aliphatic rings. The second-order valence-corrected chi connectivity index (χ2v) is 10.1. The third-order valence-electron chi connectivity index (χ3n) is 6.44. The summed E-state index contributed by atoms with van der Waals surface area (Å²) in [6.45, 7) is 2.00. The van der Waals surface area contributed by atoms with E-state index in [-0.39, 0.29) is 59.0 Å². The highest BCUT2D eigenvalue weighted by molar-refractivity contribution is 6.36. The van der Waals surface area contributed by atoms with Crippen LogP contribution in [0.15, 0.2) is 18.3 Å². The van der Waals surface area contributed by atoms with Crippen molar-refractivity contribution in [1.29, 1.82) is 0 Å². The molecule has 200 valence electrons. The SMILES string of the molecule is CCC[C@@H](CCC(N)=O)n1c(Nc2c(F)cc(Cl)cc2Cl)nc2cnc(NC3CCC(F)(F)CC3)nc21. The summed E-state index contributed by atoms with van der Waals surface area (Å²) in [5, 5.41) is 6.33. The van der Waals surface area contributed by atoms with E-state index in [9.17, 15) is 18.0 Å². The van der Waals surface area contributed by atoms with Crippen molar-refractivity contribution >= 4 is 57.9 Å². The van der Waals surface area contributed by atoms with Gasteiger partial charge in [-0.2, -0.15) is 4.98 Å². The molecule has 0 radical (unpaired) electrons. The summed E-state index contributed by atoms with van der Waals surface area (Å²) < 4.78 is 43.7. The van der Waals surface area contributed by atoms with Gasteiger partial charge in [-0.1, -0.05) is 36.5 Å². The number of hydrogen-bond acceptors (Lipinski definition) is 6. The number of amides is 1. The van der Waals surface area contributed by atoms with E-state index in [0.717, 1.165) is 12.5 Å². The molecule has 0 spiro atoms. The van der Waals surface area contributed by atoms with Crippen LogP contribution >= 0.6 is 23.2 Å². The first-order valence-corrected chi connectivity index (χ1v) is 12.9. The molecule has 4 N–H and O–H groups in total. The molecule has 2 heterocycles. The number of primary amides is 1. The minimum atomic E-state index is -2.64. The van der Waals surface area contributed by atoms with Gasteiger partial charge in [0, 0.05) is 36.4 Å². The molecule has 37 heavy (non-hydrogen) atoms. The van der Waals surface area contributed by atoms with Crippen LogP contribution in [0.25, 0.3) is 11.2 Å². The van der Waals surface area contributed by atoms with Crippen LogP contribution in [0, 0.1) is 5.82 Å². The number of alkyl halides is 2. The van der Waals surface area contributed by atoms with Crippen LogP contribution in [-0.4, -0.2) is 37.4 Å². The fraction of sp³-hybridized carbons (Fsp3) is 0.500. The van der Waals surface area contributed by atoms with Crippen molar-refractivity contribution in [3.8, 4) is 0 Å². The first kappa shape index (κ1) is 27.3. The maximum absolute atomic E-state index is 14.7. The van der Waals surface area contributed by atoms with Gasteiger partial charge in [-0.25, -0.2) is 23.1 Å². The van der Waals surface area contributed by atoms with Crippen LogP contribution < -0.4 is 16.4 Å². The van der Waals surface area contributed by atoms with Gasteiger partial charge in [0.1, 0.15) is 11.3 Å². The second kappa shape index (κ2) is 11.3. The Balaban J connectivity index is 1.74. The fourth-order valence-electron chi connectivity index (χ4n) is 4.58. The zero-order valence-corrected chi connectivity index (χ0v) is 21.7. The van der Waals surface area contributed by atoms with E-state index in [1.54, 1.807) is 4.57 Å². The second-order valence-electron chi connectivity index (χ2n) is 9.30. The summed E-state index contributed by atoms with van der Waals surface area (Å²) in [7, 11) is 0. The first-order valence-electron chi connectivity index (χ1n) is 12.2. The van der Waals surface area contributed by atoms with E-state index in [1.165, 1.54) is 12.3 Å². The van der Waals surface area contributed by atoms with Gasteiger partial charge in [0.25, 0.3) is 0 Å². The van der Waals surface area contributed by atoms with Gasteiger partial charge >= 0.3 is 0 Å². The molecule has 2 aromatic heterocycles. The van der Waals surface area contributed by atoms with Crippen molar-refractivity contribution in [2.45, 2.75) is 76.3 Å². The van der Waals surface area contributed by atoms with Crippen molar-refractivity contribution < 1.29 is 18.0 Å². The average molecular weight is 558 g/mol. The standard InChI is InChI=1S/C24H28Cl2F3N7O/c1-2-3-15(4-5-19(30)37)36-21-18(33-23(36)34-20-16(26)10-13(25)11-17(20)27)12-31-22(35-21)32-14-6-8-24(28,29)9-7-14/h10-12,14-15H,2-9H2,1H3,(H2,30,37)(H,33,34)(H,31,32,35)/t15-/m0/s1. The zero-order valence-electron chi connectivity index (χ0n) is 20.2. The Morgan fingerprint density at radius 1 is 1.24 bits per heavy atom. The van der Waals surface area contributed by atoms with Crippen LogP contribution in [0.3, 0.4) is 0 Å². The Morgan fingerprint density at radius 3 is 2.62 bits per heavy atom. The fourth-order valence-corrected chi connectivity index (χ4v) is 5.10. The highest BCUT2D eigenvalue weighted by Gasteiger charge is 2.35. The number of carbonyl (C=O) groups is 1. The van der Waals surface area contributed by atoms with Gasteiger partial charge in [0.2, 0.25) is 23.7 Å². The molecule has 1 atom stereocenters. The minimum absolute atomic E-state index is 0.0118. The molecule has 4 rings (SSSR count). The number of nitrogens with two attached hydrogens (primary N) is 1. The highest BCUT2D eigenvalue weighted by Crippen LogP contribution is 2.36. The van der Waals surface area contributed by atoms with Crippen LogP contribution in [0.4, 0.5) is 30.8 Å². The van der Waals surface area contributed by atoms with Crippen molar-refractivity contribution in [2.75, 3.05) is 10.6 Å². The van der Waals surface area contributed by atoms with Crippen molar-refractivity contribution in [2.24, 2.45) is 5.73 Å². The number of aromatic nitrogens is 4. The Kier molecular flexibility index (Phi) is 8.33. The number of rotatable bonds is 10. The molecular formula is C24H28Cl2F3N7O. The molecule has 0 saturated heterocycles. The maximum atomic E-state index is 14.7. The number of fused-ring (bicyclic) bond motifs is 1. The maximum Gasteiger partial charge on any atom is 0.248 e. The number of hydrogen-bond donors (Lipinski definition) is 3. The van der Waals surface area contributed by atoms with E-state index in [1.807, 2.05) is 6.92 Å². The zero-order chi connectivity index (χ0) is 26.7.